The average Bonchev–Trinajstić information content (AvgIpc) is 3.00. The van der Waals surface area contributed by atoms with Crippen LogP contribution >= 0.6 is 15.9 Å². The van der Waals surface area contributed by atoms with E-state index in [1.807, 2.05) is 42.5 Å². The first kappa shape index (κ1) is 15.6. The highest BCUT2D eigenvalue weighted by atomic mass is 79.9. The van der Waals surface area contributed by atoms with Gasteiger partial charge in [0.1, 0.15) is 23.1 Å². The number of aromatic amines is 1. The Bertz CT molecular complexity index is 1160. The number of hydrogen-bond acceptors (Lipinski definition) is 4. The van der Waals surface area contributed by atoms with Gasteiger partial charge in [-0.15, -0.1) is 0 Å². The molecule has 1 N–H and O–H groups in total. The number of methoxy groups -OCH3 is 1. The Balaban J connectivity index is 1.77. The maximum Gasteiger partial charge on any atom is 0.298 e. The fourth-order valence-corrected chi connectivity index (χ4v) is 2.98. The highest BCUT2D eigenvalue weighted by Crippen LogP contribution is 2.24. The molecule has 0 aliphatic carbocycles. The zero-order valence-corrected chi connectivity index (χ0v) is 14.8. The number of nitrogens with one attached hydrogen (secondary N) is 1. The van der Waals surface area contributed by atoms with E-state index >= 15 is 0 Å². The molecule has 0 radical (unpaired) electrons. The second-order valence-corrected chi connectivity index (χ2v) is 6.37. The number of ether oxygens (including phenoxy) is 1. The number of fused-ring (bicyclic) bond motifs is 3. The summed E-state index contributed by atoms with van der Waals surface area (Å²) >= 11 is 3.44. The van der Waals surface area contributed by atoms with Crippen LogP contribution in [0.3, 0.4) is 0 Å². The number of hydrogen-bond donors (Lipinski definition) is 1. The van der Waals surface area contributed by atoms with E-state index in [0.717, 1.165) is 26.7 Å². The number of nitrogens with zero attached hydrogens (tertiary/aromatic N) is 3. The predicted molar refractivity (Wildman–Crippen MR) is 102 cm³/mol. The van der Waals surface area contributed by atoms with Crippen molar-refractivity contribution in [3.8, 4) is 5.75 Å². The minimum absolute atomic E-state index is 0.248. The van der Waals surface area contributed by atoms with Crippen LogP contribution in [-0.4, -0.2) is 28.0 Å². The van der Waals surface area contributed by atoms with Crippen LogP contribution in [0.15, 0.2) is 63.2 Å². The molecule has 2 aromatic heterocycles. The fourth-order valence-electron chi connectivity index (χ4n) is 2.62. The van der Waals surface area contributed by atoms with E-state index in [4.69, 9.17) is 4.74 Å². The first-order valence-corrected chi connectivity index (χ1v) is 8.32. The maximum absolute atomic E-state index is 12.7. The van der Waals surface area contributed by atoms with E-state index in [1.165, 1.54) is 11.0 Å². The fraction of sp³-hybridized carbons (Fsp3) is 0.0556. The normalized spacial score (nSPS) is 11.6. The van der Waals surface area contributed by atoms with Crippen LogP contribution in [0.2, 0.25) is 0 Å². The van der Waals surface area contributed by atoms with Gasteiger partial charge in [0.05, 0.1) is 13.3 Å². The Labute approximate surface area is 150 Å². The molecule has 0 amide bonds. The van der Waals surface area contributed by atoms with Crippen molar-refractivity contribution < 1.29 is 4.74 Å². The molecule has 0 aliphatic heterocycles. The molecule has 2 aromatic carbocycles. The molecule has 6 nitrogen and oxygen atoms in total. The third-order valence-corrected chi connectivity index (χ3v) is 4.39. The summed E-state index contributed by atoms with van der Waals surface area (Å²) in [6.45, 7) is 0. The van der Waals surface area contributed by atoms with Crippen LogP contribution in [0, 0.1) is 0 Å². The van der Waals surface area contributed by atoms with Crippen molar-refractivity contribution in [2.24, 2.45) is 5.10 Å². The molecule has 4 aromatic rings. The van der Waals surface area contributed by atoms with Gasteiger partial charge in [0, 0.05) is 15.4 Å². The minimum Gasteiger partial charge on any atom is -0.497 e. The number of rotatable bonds is 3. The van der Waals surface area contributed by atoms with Gasteiger partial charge in [0.25, 0.3) is 5.56 Å². The van der Waals surface area contributed by atoms with E-state index in [9.17, 15) is 4.79 Å². The lowest BCUT2D eigenvalue weighted by Gasteiger charge is -2.00. The molecule has 7 heteroatoms. The molecular weight excluding hydrogens is 384 g/mol. The van der Waals surface area contributed by atoms with Crippen LogP contribution in [0.5, 0.6) is 5.75 Å². The summed E-state index contributed by atoms with van der Waals surface area (Å²) in [5.41, 5.74) is 2.54. The highest BCUT2D eigenvalue weighted by molar-refractivity contribution is 9.10. The summed E-state index contributed by atoms with van der Waals surface area (Å²) in [5.74, 6) is 0.765. The SMILES string of the molecule is COc1ccc(C=Nn2cnc3c([nH]c4ccc(Br)cc43)c2=O)cc1. The lowest BCUT2D eigenvalue weighted by Crippen LogP contribution is -2.17. The van der Waals surface area contributed by atoms with Crippen molar-refractivity contribution in [3.63, 3.8) is 0 Å². The summed E-state index contributed by atoms with van der Waals surface area (Å²) in [7, 11) is 1.61. The Morgan fingerprint density at radius 2 is 2.04 bits per heavy atom. The molecule has 124 valence electrons. The van der Waals surface area contributed by atoms with E-state index in [-0.39, 0.29) is 5.56 Å². The van der Waals surface area contributed by atoms with Crippen molar-refractivity contribution in [2.45, 2.75) is 0 Å². The van der Waals surface area contributed by atoms with Gasteiger partial charge in [-0.25, -0.2) is 4.98 Å². The van der Waals surface area contributed by atoms with Gasteiger partial charge in [0.2, 0.25) is 0 Å². The van der Waals surface area contributed by atoms with Crippen LogP contribution in [0.25, 0.3) is 21.9 Å². The lowest BCUT2D eigenvalue weighted by molar-refractivity contribution is 0.415. The first-order chi connectivity index (χ1) is 12.2. The average molecular weight is 397 g/mol. The summed E-state index contributed by atoms with van der Waals surface area (Å²) in [6, 6.07) is 13.1. The van der Waals surface area contributed by atoms with E-state index in [0.29, 0.717) is 11.0 Å². The third-order valence-electron chi connectivity index (χ3n) is 3.90. The first-order valence-electron chi connectivity index (χ1n) is 7.53. The third kappa shape index (κ3) is 2.83. The van der Waals surface area contributed by atoms with Gasteiger partial charge in [-0.05, 0) is 48.0 Å². The van der Waals surface area contributed by atoms with Gasteiger partial charge < -0.3 is 9.72 Å². The molecule has 4 rings (SSSR count). The van der Waals surface area contributed by atoms with Crippen molar-refractivity contribution in [3.05, 3.63) is 69.2 Å². The highest BCUT2D eigenvalue weighted by Gasteiger charge is 2.10. The predicted octanol–water partition coefficient (Wildman–Crippen LogP) is 3.53. The summed E-state index contributed by atoms with van der Waals surface area (Å²) in [5, 5.41) is 5.11. The summed E-state index contributed by atoms with van der Waals surface area (Å²) < 4.78 is 7.27. The molecule has 2 heterocycles. The monoisotopic (exact) mass is 396 g/mol. The van der Waals surface area contributed by atoms with Crippen LogP contribution in [0.1, 0.15) is 5.56 Å². The van der Waals surface area contributed by atoms with Gasteiger partial charge in [-0.2, -0.15) is 9.78 Å². The molecule has 25 heavy (non-hydrogen) atoms. The largest absolute Gasteiger partial charge is 0.497 e. The Kier molecular flexibility index (Phi) is 3.85. The van der Waals surface area contributed by atoms with Crippen LogP contribution in [-0.2, 0) is 0 Å². The van der Waals surface area contributed by atoms with Crippen LogP contribution in [0.4, 0.5) is 0 Å². The minimum atomic E-state index is -0.248. The van der Waals surface area contributed by atoms with E-state index < -0.39 is 0 Å². The van der Waals surface area contributed by atoms with Crippen molar-refractivity contribution in [2.75, 3.05) is 7.11 Å². The van der Waals surface area contributed by atoms with Gasteiger partial charge in [-0.3, -0.25) is 4.79 Å². The summed E-state index contributed by atoms with van der Waals surface area (Å²) in [4.78, 5) is 20.2. The molecule has 0 saturated carbocycles. The smallest absolute Gasteiger partial charge is 0.298 e. The second kappa shape index (κ2) is 6.18. The maximum atomic E-state index is 12.7. The van der Waals surface area contributed by atoms with Gasteiger partial charge in [0.15, 0.2) is 0 Å². The van der Waals surface area contributed by atoms with Crippen molar-refractivity contribution in [1.82, 2.24) is 14.6 Å². The Morgan fingerprint density at radius 3 is 2.80 bits per heavy atom. The van der Waals surface area contributed by atoms with E-state index in [1.54, 1.807) is 13.3 Å². The Morgan fingerprint density at radius 1 is 1.24 bits per heavy atom. The molecule has 0 fully saturated rings. The topological polar surface area (TPSA) is 72.3 Å². The summed E-state index contributed by atoms with van der Waals surface area (Å²) in [6.07, 6.45) is 3.03. The van der Waals surface area contributed by atoms with E-state index in [2.05, 4.69) is 31.0 Å². The van der Waals surface area contributed by atoms with Crippen LogP contribution < -0.4 is 10.3 Å². The molecule has 0 atom stereocenters. The second-order valence-electron chi connectivity index (χ2n) is 5.45. The molecule has 0 saturated heterocycles. The van der Waals surface area contributed by atoms with Crippen molar-refractivity contribution in [1.29, 1.82) is 0 Å². The Hall–Kier alpha value is -2.93. The van der Waals surface area contributed by atoms with Gasteiger partial charge >= 0.3 is 0 Å². The standard InChI is InChI=1S/C18H13BrN4O2/c1-25-13-5-2-11(3-6-13)9-21-23-10-20-16-14-8-12(19)4-7-15(14)22-17(16)18(23)24/h2-10,22H,1H3. The number of halogens is 1. The molecule has 0 unspecified atom stereocenters. The number of H-pyrrole nitrogens is 1. The molecule has 0 aliphatic rings. The zero-order chi connectivity index (χ0) is 17.4. The van der Waals surface area contributed by atoms with Crippen molar-refractivity contribution >= 4 is 44.1 Å². The molecule has 0 spiro atoms. The number of aromatic nitrogens is 3. The molecule has 0 bridgehead atoms. The zero-order valence-electron chi connectivity index (χ0n) is 13.2. The number of benzene rings is 2. The lowest BCUT2D eigenvalue weighted by atomic mass is 10.2. The molecular formula is C18H13BrN4O2. The quantitative estimate of drug-likeness (QED) is 0.538. The van der Waals surface area contributed by atoms with Gasteiger partial charge in [-0.1, -0.05) is 15.9 Å².